The van der Waals surface area contributed by atoms with Gasteiger partial charge in [0.2, 0.25) is 17.7 Å². The number of carbonyl (C=O) groups is 3. The molecule has 1 N–H and O–H groups in total. The molecule has 0 unspecified atom stereocenters. The smallest absolute Gasteiger partial charge is 0.247 e. The molecule has 7 atom stereocenters. The third kappa shape index (κ3) is 2.39. The minimum Gasteiger partial charge on any atom is -0.324 e. The van der Waals surface area contributed by atoms with Gasteiger partial charge in [-0.1, -0.05) is 28.1 Å². The maximum Gasteiger partial charge on any atom is 0.247 e. The van der Waals surface area contributed by atoms with Gasteiger partial charge in [-0.05, 0) is 74.1 Å². The summed E-state index contributed by atoms with van der Waals surface area (Å²) >= 11 is 3.49. The van der Waals surface area contributed by atoms with E-state index in [9.17, 15) is 14.4 Å². The fourth-order valence-corrected chi connectivity index (χ4v) is 6.09. The van der Waals surface area contributed by atoms with Crippen LogP contribution in [0.1, 0.15) is 24.5 Å². The molecule has 3 fully saturated rings. The van der Waals surface area contributed by atoms with E-state index < -0.39 is 6.04 Å². The first-order chi connectivity index (χ1) is 13.3. The maximum absolute atomic E-state index is 13.2. The minimum atomic E-state index is -0.815. The summed E-state index contributed by atoms with van der Waals surface area (Å²) in [6.45, 7) is 5.52. The van der Waals surface area contributed by atoms with Crippen molar-refractivity contribution < 1.29 is 14.4 Å². The predicted molar refractivity (Wildman–Crippen MR) is 108 cm³/mol. The Hall–Kier alpha value is -1.95. The zero-order chi connectivity index (χ0) is 19.9. The number of imide groups is 1. The molecule has 3 amide bonds. The summed E-state index contributed by atoms with van der Waals surface area (Å²) in [5.41, 5.74) is 2.64. The molecule has 0 spiro atoms. The number of rotatable bonds is 3. The van der Waals surface area contributed by atoms with Crippen molar-refractivity contribution >= 4 is 39.3 Å². The van der Waals surface area contributed by atoms with Crippen molar-refractivity contribution in [3.05, 3.63) is 39.9 Å². The van der Waals surface area contributed by atoms with Crippen molar-refractivity contribution in [2.75, 3.05) is 5.32 Å². The number of amides is 3. The van der Waals surface area contributed by atoms with Crippen molar-refractivity contribution in [1.82, 2.24) is 4.90 Å². The molecule has 1 aromatic rings. The Morgan fingerprint density at radius 2 is 1.64 bits per heavy atom. The van der Waals surface area contributed by atoms with E-state index in [2.05, 4.69) is 33.4 Å². The second-order valence-electron chi connectivity index (χ2n) is 8.78. The molecule has 1 saturated heterocycles. The zero-order valence-corrected chi connectivity index (χ0v) is 17.7. The van der Waals surface area contributed by atoms with Gasteiger partial charge in [0, 0.05) is 10.2 Å². The summed E-state index contributed by atoms with van der Waals surface area (Å²) in [6.07, 6.45) is 5.43. The highest BCUT2D eigenvalue weighted by molar-refractivity contribution is 9.10. The van der Waals surface area contributed by atoms with Crippen molar-refractivity contribution in [3.8, 4) is 0 Å². The Morgan fingerprint density at radius 1 is 1.07 bits per heavy atom. The molecule has 28 heavy (non-hydrogen) atoms. The topological polar surface area (TPSA) is 66.5 Å². The number of aryl methyl sites for hydroxylation is 2. The molecule has 5 aliphatic rings. The van der Waals surface area contributed by atoms with E-state index in [1.807, 2.05) is 26.0 Å². The van der Waals surface area contributed by atoms with Crippen molar-refractivity contribution in [2.45, 2.75) is 33.2 Å². The van der Waals surface area contributed by atoms with Crippen LogP contribution >= 0.6 is 15.9 Å². The van der Waals surface area contributed by atoms with Crippen LogP contribution in [0.5, 0.6) is 0 Å². The van der Waals surface area contributed by atoms with E-state index in [4.69, 9.17) is 0 Å². The van der Waals surface area contributed by atoms with Gasteiger partial charge < -0.3 is 5.32 Å². The molecule has 1 aliphatic heterocycles. The Bertz CT molecular complexity index is 919. The minimum absolute atomic E-state index is 0.161. The lowest BCUT2D eigenvalue weighted by Gasteiger charge is -2.37. The van der Waals surface area contributed by atoms with Crippen molar-refractivity contribution in [1.29, 1.82) is 0 Å². The Balaban J connectivity index is 1.38. The number of nitrogens with zero attached hydrogens (tertiary/aromatic N) is 1. The molecule has 0 aromatic heterocycles. The molecule has 6 rings (SSSR count). The molecular weight excluding hydrogens is 420 g/mol. The van der Waals surface area contributed by atoms with Gasteiger partial charge in [-0.15, -0.1) is 0 Å². The molecule has 5 nitrogen and oxygen atoms in total. The van der Waals surface area contributed by atoms with Crippen LogP contribution < -0.4 is 5.32 Å². The van der Waals surface area contributed by atoms with E-state index in [0.717, 1.165) is 22.0 Å². The lowest BCUT2D eigenvalue weighted by atomic mass is 9.63. The number of hydrogen-bond donors (Lipinski definition) is 1. The maximum atomic E-state index is 13.2. The third-order valence-electron chi connectivity index (χ3n) is 7.23. The van der Waals surface area contributed by atoms with Crippen molar-refractivity contribution in [2.24, 2.45) is 35.5 Å². The van der Waals surface area contributed by atoms with Gasteiger partial charge >= 0.3 is 0 Å². The fourth-order valence-electron chi connectivity index (χ4n) is 5.63. The second kappa shape index (κ2) is 6.02. The monoisotopic (exact) mass is 442 g/mol. The average Bonchev–Trinajstić information content (AvgIpc) is 3.43. The van der Waals surface area contributed by atoms with Crippen LogP contribution in [0.25, 0.3) is 0 Å². The normalized spacial score (nSPS) is 35.6. The average molecular weight is 443 g/mol. The van der Waals surface area contributed by atoms with Gasteiger partial charge in [0.25, 0.3) is 0 Å². The van der Waals surface area contributed by atoms with Gasteiger partial charge in [0.1, 0.15) is 6.04 Å². The quantitative estimate of drug-likeness (QED) is 0.575. The van der Waals surface area contributed by atoms with Gasteiger partial charge in [-0.25, -0.2) is 0 Å². The number of allylic oxidation sites excluding steroid dienone is 2. The molecule has 1 aromatic carbocycles. The lowest BCUT2D eigenvalue weighted by molar-refractivity contribution is -0.146. The van der Waals surface area contributed by atoms with Crippen molar-refractivity contribution in [3.63, 3.8) is 0 Å². The van der Waals surface area contributed by atoms with Crippen LogP contribution in [0, 0.1) is 49.4 Å². The Morgan fingerprint density at radius 3 is 2.21 bits per heavy atom. The van der Waals surface area contributed by atoms with Crippen LogP contribution in [0.2, 0.25) is 0 Å². The third-order valence-corrected chi connectivity index (χ3v) is 8.08. The first-order valence-electron chi connectivity index (χ1n) is 9.92. The molecular formula is C22H23BrN2O3. The molecule has 2 saturated carbocycles. The van der Waals surface area contributed by atoms with Crippen LogP contribution in [0.4, 0.5) is 5.69 Å². The largest absolute Gasteiger partial charge is 0.324 e. The van der Waals surface area contributed by atoms with E-state index >= 15 is 0 Å². The first kappa shape index (κ1) is 18.1. The summed E-state index contributed by atoms with van der Waals surface area (Å²) < 4.78 is 0.978. The van der Waals surface area contributed by atoms with Crippen LogP contribution in [0.3, 0.4) is 0 Å². The summed E-state index contributed by atoms with van der Waals surface area (Å²) in [6, 6.07) is 3.03. The summed E-state index contributed by atoms with van der Waals surface area (Å²) in [5.74, 6) is 0.293. The van der Waals surface area contributed by atoms with Crippen LogP contribution in [-0.2, 0) is 14.4 Å². The molecule has 2 bridgehead atoms. The molecule has 6 heteroatoms. The van der Waals surface area contributed by atoms with E-state index in [-0.39, 0.29) is 41.4 Å². The highest BCUT2D eigenvalue weighted by atomic mass is 79.9. The number of nitrogens with one attached hydrogen (secondary N) is 1. The summed E-state index contributed by atoms with van der Waals surface area (Å²) in [4.78, 5) is 40.5. The van der Waals surface area contributed by atoms with E-state index in [0.29, 0.717) is 17.5 Å². The number of halogens is 1. The van der Waals surface area contributed by atoms with E-state index in [1.165, 1.54) is 4.90 Å². The Kier molecular flexibility index (Phi) is 3.89. The number of likely N-dealkylation sites (tertiary alicyclic amines) is 1. The first-order valence-corrected chi connectivity index (χ1v) is 10.7. The van der Waals surface area contributed by atoms with Crippen LogP contribution in [-0.4, -0.2) is 28.7 Å². The highest BCUT2D eigenvalue weighted by Gasteiger charge is 2.67. The highest BCUT2D eigenvalue weighted by Crippen LogP contribution is 2.65. The standard InChI is InChI=1S/C22H23BrN2O3/c1-9-7-17(10(2)6-16(9)23)24-20(26)11(3)25-21(27)18-12-4-5-13(15-8-14(12)15)19(18)22(25)28/h4-7,11-15,18-19H,8H2,1-3H3,(H,24,26)/t11-,12+,13+,14+,15+,18-,19+/m0/s1. The van der Waals surface area contributed by atoms with Crippen LogP contribution in [0.15, 0.2) is 28.8 Å². The molecule has 1 heterocycles. The van der Waals surface area contributed by atoms with E-state index in [1.54, 1.807) is 6.92 Å². The van der Waals surface area contributed by atoms with Gasteiger partial charge in [0.15, 0.2) is 0 Å². The molecule has 146 valence electrons. The zero-order valence-electron chi connectivity index (χ0n) is 16.1. The number of anilines is 1. The van der Waals surface area contributed by atoms with Gasteiger partial charge in [0.05, 0.1) is 11.8 Å². The number of hydrogen-bond acceptors (Lipinski definition) is 3. The number of carbonyl (C=O) groups excluding carboxylic acids is 3. The lowest BCUT2D eigenvalue weighted by Crippen LogP contribution is -2.46. The second-order valence-corrected chi connectivity index (χ2v) is 9.64. The summed E-state index contributed by atoms with van der Waals surface area (Å²) in [5, 5.41) is 2.91. The van der Waals surface area contributed by atoms with Gasteiger partial charge in [-0.2, -0.15) is 0 Å². The molecule has 0 radical (unpaired) electrons. The SMILES string of the molecule is Cc1cc(NC(=O)[C@H](C)N2C(=O)[C@@H]3[C@@H]4C=C[C@H]([C@H]5C[C@H]45)[C@@H]3C2=O)c(C)cc1Br. The Labute approximate surface area is 172 Å². The fraction of sp³-hybridized carbons (Fsp3) is 0.500. The molecule has 4 aliphatic carbocycles. The summed E-state index contributed by atoms with van der Waals surface area (Å²) in [7, 11) is 0. The number of benzene rings is 1. The van der Waals surface area contributed by atoms with Gasteiger partial charge in [-0.3, -0.25) is 19.3 Å². The predicted octanol–water partition coefficient (Wildman–Crippen LogP) is 3.45.